The Morgan fingerprint density at radius 2 is 2.00 bits per heavy atom. The van der Waals surface area contributed by atoms with Crippen LogP contribution in [0.4, 0.5) is 13.2 Å². The molecule has 4 rings (SSSR count). The summed E-state index contributed by atoms with van der Waals surface area (Å²) in [6, 6.07) is 4.99. The second kappa shape index (κ2) is 6.56. The number of fused-ring (bicyclic) bond motifs is 2. The van der Waals surface area contributed by atoms with Crippen LogP contribution in [0.3, 0.4) is 0 Å². The number of rotatable bonds is 2. The van der Waals surface area contributed by atoms with Crippen LogP contribution in [-0.2, 0) is 11.2 Å². The number of halogens is 3. The monoisotopic (exact) mass is 392 g/mol. The average molecular weight is 392 g/mol. The highest BCUT2D eigenvalue weighted by Gasteiger charge is 2.30. The molecule has 2 aromatic carbocycles. The highest BCUT2D eigenvalue weighted by Crippen LogP contribution is 2.44. The lowest BCUT2D eigenvalue weighted by atomic mass is 9.94. The predicted octanol–water partition coefficient (Wildman–Crippen LogP) is 5.49. The van der Waals surface area contributed by atoms with Crippen LogP contribution in [0.5, 0.6) is 5.75 Å². The zero-order chi connectivity index (χ0) is 19.3. The zero-order valence-corrected chi connectivity index (χ0v) is 15.4. The van der Waals surface area contributed by atoms with Gasteiger partial charge in [-0.15, -0.1) is 11.3 Å². The van der Waals surface area contributed by atoms with E-state index in [1.807, 2.05) is 6.92 Å². The quantitative estimate of drug-likeness (QED) is 0.542. The Morgan fingerprint density at radius 1 is 1.22 bits per heavy atom. The maximum absolute atomic E-state index is 15.3. The van der Waals surface area contributed by atoms with Gasteiger partial charge in [0.05, 0.1) is 18.8 Å². The summed E-state index contributed by atoms with van der Waals surface area (Å²) in [5, 5.41) is 0.393. The number of hydrogen-bond acceptors (Lipinski definition) is 4. The molecule has 0 saturated carbocycles. The maximum atomic E-state index is 15.3. The molecule has 1 aliphatic rings. The van der Waals surface area contributed by atoms with Crippen molar-refractivity contribution < 1.29 is 27.4 Å². The molecule has 0 fully saturated rings. The minimum absolute atomic E-state index is 0.0287. The van der Waals surface area contributed by atoms with Gasteiger partial charge in [-0.3, -0.25) is 0 Å². The second-order valence-electron chi connectivity index (χ2n) is 6.43. The fourth-order valence-electron chi connectivity index (χ4n) is 3.38. The minimum atomic E-state index is -0.838. The Kier molecular flexibility index (Phi) is 4.34. The standard InChI is InChI=1S/C20H15F3O3S/c1-9-3-5-11-14(26-9)8-13(22)17(18(11)23)16-12-6-4-10(21)7-15(12)27-19(16)20(24)25-2/h4,6-9H,3,5H2,1-2H3. The van der Waals surface area contributed by atoms with Gasteiger partial charge in [0.1, 0.15) is 28.1 Å². The lowest BCUT2D eigenvalue weighted by Crippen LogP contribution is -2.20. The number of carbonyl (C=O) groups is 1. The minimum Gasteiger partial charge on any atom is -0.490 e. The number of esters is 1. The Hall–Kier alpha value is -2.54. The van der Waals surface area contributed by atoms with Crippen molar-refractivity contribution in [3.63, 3.8) is 0 Å². The summed E-state index contributed by atoms with van der Waals surface area (Å²) in [4.78, 5) is 12.3. The molecule has 0 spiro atoms. The fourth-order valence-corrected chi connectivity index (χ4v) is 4.54. The van der Waals surface area contributed by atoms with Gasteiger partial charge in [-0.25, -0.2) is 18.0 Å². The molecule has 1 unspecified atom stereocenters. The molecule has 0 amide bonds. The molecular weight excluding hydrogens is 377 g/mol. The molecule has 0 N–H and O–H groups in total. The molecule has 27 heavy (non-hydrogen) atoms. The third-order valence-corrected chi connectivity index (χ3v) is 5.81. The Morgan fingerprint density at radius 3 is 2.74 bits per heavy atom. The molecule has 0 aliphatic carbocycles. The SMILES string of the molecule is COC(=O)c1sc2cc(F)ccc2c1-c1c(F)cc2c(c1F)CCC(C)O2. The first-order valence-corrected chi connectivity index (χ1v) is 9.20. The van der Waals surface area contributed by atoms with E-state index >= 15 is 4.39 Å². The zero-order valence-electron chi connectivity index (χ0n) is 14.6. The molecule has 3 aromatic rings. The summed E-state index contributed by atoms with van der Waals surface area (Å²) in [6.07, 6.45) is 0.881. The smallest absolute Gasteiger partial charge is 0.348 e. The van der Waals surface area contributed by atoms with Crippen molar-refractivity contribution in [2.45, 2.75) is 25.9 Å². The lowest BCUT2D eigenvalue weighted by Gasteiger charge is -2.25. The highest BCUT2D eigenvalue weighted by atomic mass is 32.1. The summed E-state index contributed by atoms with van der Waals surface area (Å²) >= 11 is 0.942. The summed E-state index contributed by atoms with van der Waals surface area (Å²) in [5.74, 6) is -2.65. The topological polar surface area (TPSA) is 35.5 Å². The first-order valence-electron chi connectivity index (χ1n) is 8.39. The van der Waals surface area contributed by atoms with Gasteiger partial charge in [-0.1, -0.05) is 0 Å². The summed E-state index contributed by atoms with van der Waals surface area (Å²) in [7, 11) is 1.19. The average Bonchev–Trinajstić information content (AvgIpc) is 2.99. The highest BCUT2D eigenvalue weighted by molar-refractivity contribution is 7.21. The van der Waals surface area contributed by atoms with Gasteiger partial charge in [-0.05, 0) is 38.0 Å². The number of methoxy groups -OCH3 is 1. The van der Waals surface area contributed by atoms with Crippen molar-refractivity contribution in [2.75, 3.05) is 7.11 Å². The van der Waals surface area contributed by atoms with Crippen molar-refractivity contribution in [3.05, 3.63) is 52.2 Å². The van der Waals surface area contributed by atoms with Crippen LogP contribution in [0.2, 0.25) is 0 Å². The molecule has 2 heterocycles. The molecule has 0 radical (unpaired) electrons. The normalized spacial score (nSPS) is 16.1. The van der Waals surface area contributed by atoms with Gasteiger partial charge in [0.2, 0.25) is 0 Å². The van der Waals surface area contributed by atoms with Crippen molar-refractivity contribution in [1.82, 2.24) is 0 Å². The van der Waals surface area contributed by atoms with Gasteiger partial charge in [0, 0.05) is 27.3 Å². The number of thiophene rings is 1. The van der Waals surface area contributed by atoms with Crippen LogP contribution in [0.25, 0.3) is 21.2 Å². The number of ether oxygens (including phenoxy) is 2. The second-order valence-corrected chi connectivity index (χ2v) is 7.48. The van der Waals surface area contributed by atoms with Crippen molar-refractivity contribution in [1.29, 1.82) is 0 Å². The molecule has 7 heteroatoms. The van der Waals surface area contributed by atoms with Crippen LogP contribution in [0.1, 0.15) is 28.6 Å². The van der Waals surface area contributed by atoms with E-state index in [-0.39, 0.29) is 33.4 Å². The fraction of sp³-hybridized carbons (Fsp3) is 0.250. The van der Waals surface area contributed by atoms with E-state index in [0.717, 1.165) is 17.4 Å². The first-order chi connectivity index (χ1) is 12.9. The van der Waals surface area contributed by atoms with Crippen molar-refractivity contribution >= 4 is 27.4 Å². The van der Waals surface area contributed by atoms with Crippen LogP contribution in [-0.4, -0.2) is 19.2 Å². The van der Waals surface area contributed by atoms with Crippen LogP contribution < -0.4 is 4.74 Å². The van der Waals surface area contributed by atoms with Crippen LogP contribution >= 0.6 is 11.3 Å². The molecular formula is C20H15F3O3S. The van der Waals surface area contributed by atoms with E-state index in [4.69, 9.17) is 9.47 Å². The molecule has 140 valence electrons. The lowest BCUT2D eigenvalue weighted by molar-refractivity contribution is 0.0607. The van der Waals surface area contributed by atoms with E-state index in [1.54, 1.807) is 0 Å². The van der Waals surface area contributed by atoms with Gasteiger partial charge in [-0.2, -0.15) is 0 Å². The van der Waals surface area contributed by atoms with E-state index in [1.165, 1.54) is 25.3 Å². The molecule has 3 nitrogen and oxygen atoms in total. The van der Waals surface area contributed by atoms with Crippen molar-refractivity contribution in [2.24, 2.45) is 0 Å². The molecule has 1 aromatic heterocycles. The van der Waals surface area contributed by atoms with E-state index in [0.29, 0.717) is 22.9 Å². The van der Waals surface area contributed by atoms with Crippen LogP contribution in [0.15, 0.2) is 24.3 Å². The largest absolute Gasteiger partial charge is 0.490 e. The van der Waals surface area contributed by atoms with Crippen LogP contribution in [0, 0.1) is 17.5 Å². The van der Waals surface area contributed by atoms with E-state index in [2.05, 4.69) is 0 Å². The first kappa shape index (κ1) is 17.9. The maximum Gasteiger partial charge on any atom is 0.348 e. The number of hydrogen-bond donors (Lipinski definition) is 0. The van der Waals surface area contributed by atoms with Gasteiger partial charge in [0.15, 0.2) is 0 Å². The van der Waals surface area contributed by atoms with Crippen molar-refractivity contribution in [3.8, 4) is 16.9 Å². The Balaban J connectivity index is 2.04. The molecule has 0 bridgehead atoms. The summed E-state index contributed by atoms with van der Waals surface area (Å²) in [6.45, 7) is 1.84. The molecule has 1 aliphatic heterocycles. The number of benzene rings is 2. The summed E-state index contributed by atoms with van der Waals surface area (Å²) in [5.41, 5.74) is 0.0465. The third-order valence-electron chi connectivity index (χ3n) is 4.68. The van der Waals surface area contributed by atoms with E-state index < -0.39 is 23.4 Å². The molecule has 1 atom stereocenters. The van der Waals surface area contributed by atoms with Gasteiger partial charge >= 0.3 is 5.97 Å². The summed E-state index contributed by atoms with van der Waals surface area (Å²) < 4.78 is 54.6. The molecule has 0 saturated heterocycles. The Labute approximate surface area is 157 Å². The predicted molar refractivity (Wildman–Crippen MR) is 96.9 cm³/mol. The third kappa shape index (κ3) is 2.86. The van der Waals surface area contributed by atoms with Gasteiger partial charge < -0.3 is 9.47 Å². The van der Waals surface area contributed by atoms with Gasteiger partial charge in [0.25, 0.3) is 0 Å². The van der Waals surface area contributed by atoms with E-state index in [9.17, 15) is 13.6 Å². The number of carbonyl (C=O) groups excluding carboxylic acids is 1. The Bertz CT molecular complexity index is 1070.